The SMILES string of the molecule is COC(=O)c1[nH]c2ccc(Br)cc2c1NC(=O)[C@H](C)[NH+]1CCCC(C)(C)C1. The number of rotatable bonds is 4. The Morgan fingerprint density at radius 2 is 2.11 bits per heavy atom. The number of hydrogen-bond donors (Lipinski definition) is 3. The molecule has 2 heterocycles. The first-order valence-corrected chi connectivity index (χ1v) is 10.1. The monoisotopic (exact) mass is 436 g/mol. The molecule has 3 N–H and O–H groups in total. The number of hydrogen-bond acceptors (Lipinski definition) is 3. The highest BCUT2D eigenvalue weighted by molar-refractivity contribution is 9.10. The lowest BCUT2D eigenvalue weighted by Gasteiger charge is -2.37. The third-order valence-electron chi connectivity index (χ3n) is 5.46. The summed E-state index contributed by atoms with van der Waals surface area (Å²) < 4.78 is 5.76. The molecule has 0 bridgehead atoms. The molecule has 1 amide bonds. The van der Waals surface area contributed by atoms with Crippen LogP contribution < -0.4 is 10.2 Å². The van der Waals surface area contributed by atoms with E-state index in [9.17, 15) is 9.59 Å². The lowest BCUT2D eigenvalue weighted by Crippen LogP contribution is -3.18. The standard InChI is InChI=1S/C20H26BrN3O3/c1-12(24-9-5-8-20(2,3)11-24)18(25)23-16-14-10-13(21)6-7-15(14)22-17(16)19(26)27-4/h6-7,10,12,22H,5,8-9,11H2,1-4H3,(H,23,25)/p+1/t12-/m0/s1. The number of aromatic amines is 1. The minimum Gasteiger partial charge on any atom is -0.464 e. The van der Waals surface area contributed by atoms with Crippen LogP contribution in [0.1, 0.15) is 44.1 Å². The van der Waals surface area contributed by atoms with Crippen molar-refractivity contribution < 1.29 is 19.2 Å². The number of methoxy groups -OCH3 is 1. The van der Waals surface area contributed by atoms with Gasteiger partial charge in [0.15, 0.2) is 6.04 Å². The maximum Gasteiger partial charge on any atom is 0.356 e. The van der Waals surface area contributed by atoms with Crippen LogP contribution in [0.15, 0.2) is 22.7 Å². The zero-order valence-electron chi connectivity index (χ0n) is 16.2. The summed E-state index contributed by atoms with van der Waals surface area (Å²) in [6.45, 7) is 8.41. The van der Waals surface area contributed by atoms with Crippen LogP contribution in [0, 0.1) is 5.41 Å². The van der Waals surface area contributed by atoms with Crippen LogP contribution in [-0.4, -0.2) is 43.1 Å². The van der Waals surface area contributed by atoms with Crippen LogP contribution >= 0.6 is 15.9 Å². The van der Waals surface area contributed by atoms with Crippen LogP contribution in [0.2, 0.25) is 0 Å². The van der Waals surface area contributed by atoms with Crippen LogP contribution in [0.25, 0.3) is 10.9 Å². The largest absolute Gasteiger partial charge is 0.464 e. The normalized spacial score (nSPS) is 20.3. The number of carbonyl (C=O) groups is 2. The molecule has 0 saturated carbocycles. The number of carbonyl (C=O) groups excluding carboxylic acids is 2. The number of benzene rings is 1. The van der Waals surface area contributed by atoms with E-state index in [0.717, 1.165) is 34.9 Å². The molecule has 1 aromatic heterocycles. The number of amides is 1. The highest BCUT2D eigenvalue weighted by Crippen LogP contribution is 2.31. The average Bonchev–Trinajstić information content (AvgIpc) is 2.97. The van der Waals surface area contributed by atoms with Gasteiger partial charge in [0.25, 0.3) is 5.91 Å². The average molecular weight is 437 g/mol. The molecule has 0 radical (unpaired) electrons. The summed E-state index contributed by atoms with van der Waals surface area (Å²) in [6, 6.07) is 5.43. The predicted octanol–water partition coefficient (Wildman–Crippen LogP) is 2.75. The minimum absolute atomic E-state index is 0.0891. The lowest BCUT2D eigenvalue weighted by molar-refractivity contribution is -0.925. The Kier molecular flexibility index (Phi) is 5.63. The van der Waals surface area contributed by atoms with Gasteiger partial charge in [-0.05, 0) is 38.0 Å². The molecule has 1 fully saturated rings. The molecule has 1 unspecified atom stereocenters. The smallest absolute Gasteiger partial charge is 0.356 e. The summed E-state index contributed by atoms with van der Waals surface area (Å²) >= 11 is 3.45. The summed E-state index contributed by atoms with van der Waals surface area (Å²) in [6.07, 6.45) is 2.31. The number of halogens is 1. The van der Waals surface area contributed by atoms with Crippen LogP contribution in [-0.2, 0) is 9.53 Å². The Balaban J connectivity index is 1.89. The van der Waals surface area contributed by atoms with Gasteiger partial charge in [0, 0.05) is 20.8 Å². The fraction of sp³-hybridized carbons (Fsp3) is 0.500. The number of piperidine rings is 1. The fourth-order valence-electron chi connectivity index (χ4n) is 3.92. The van der Waals surface area contributed by atoms with Gasteiger partial charge in [-0.1, -0.05) is 29.8 Å². The van der Waals surface area contributed by atoms with E-state index in [1.54, 1.807) is 0 Å². The lowest BCUT2D eigenvalue weighted by atomic mass is 9.83. The van der Waals surface area contributed by atoms with E-state index >= 15 is 0 Å². The molecule has 1 aliphatic heterocycles. The van der Waals surface area contributed by atoms with Crippen molar-refractivity contribution in [3.05, 3.63) is 28.4 Å². The van der Waals surface area contributed by atoms with Gasteiger partial charge >= 0.3 is 5.97 Å². The third-order valence-corrected chi connectivity index (χ3v) is 5.95. The van der Waals surface area contributed by atoms with Gasteiger partial charge in [0.05, 0.1) is 25.9 Å². The van der Waals surface area contributed by atoms with Crippen molar-refractivity contribution in [3.8, 4) is 0 Å². The number of aromatic nitrogens is 1. The molecule has 7 heteroatoms. The van der Waals surface area contributed by atoms with E-state index in [0.29, 0.717) is 5.69 Å². The van der Waals surface area contributed by atoms with Crippen molar-refractivity contribution >= 4 is 44.4 Å². The summed E-state index contributed by atoms with van der Waals surface area (Å²) in [5, 5.41) is 3.76. The summed E-state index contributed by atoms with van der Waals surface area (Å²) in [5.41, 5.74) is 1.75. The van der Waals surface area contributed by atoms with Gasteiger partial charge in [-0.2, -0.15) is 0 Å². The molecule has 2 aromatic rings. The molecule has 27 heavy (non-hydrogen) atoms. The number of nitrogens with one attached hydrogen (secondary N) is 3. The second-order valence-electron chi connectivity index (χ2n) is 8.12. The second kappa shape index (κ2) is 7.64. The predicted molar refractivity (Wildman–Crippen MR) is 109 cm³/mol. The Morgan fingerprint density at radius 1 is 1.37 bits per heavy atom. The Hall–Kier alpha value is -1.86. The van der Waals surface area contributed by atoms with Gasteiger partial charge < -0.3 is 19.9 Å². The maximum absolute atomic E-state index is 13.0. The number of quaternary nitrogens is 1. The molecular formula is C20H27BrN3O3+. The van der Waals surface area contributed by atoms with Crippen LogP contribution in [0.5, 0.6) is 0 Å². The Morgan fingerprint density at radius 3 is 2.78 bits per heavy atom. The van der Waals surface area contributed by atoms with Crippen molar-refractivity contribution in [2.45, 2.75) is 39.7 Å². The zero-order valence-corrected chi connectivity index (χ0v) is 17.8. The van der Waals surface area contributed by atoms with Crippen LogP contribution in [0.4, 0.5) is 5.69 Å². The molecule has 0 aliphatic carbocycles. The van der Waals surface area contributed by atoms with E-state index < -0.39 is 5.97 Å². The summed E-state index contributed by atoms with van der Waals surface area (Å²) in [4.78, 5) is 29.6. The number of likely N-dealkylation sites (tertiary alicyclic amines) is 1. The topological polar surface area (TPSA) is 75.6 Å². The van der Waals surface area contributed by atoms with Gasteiger partial charge in [-0.3, -0.25) is 4.79 Å². The molecule has 1 saturated heterocycles. The van der Waals surface area contributed by atoms with E-state index in [4.69, 9.17) is 4.74 Å². The van der Waals surface area contributed by atoms with Crippen molar-refractivity contribution in [2.75, 3.05) is 25.5 Å². The fourth-order valence-corrected chi connectivity index (χ4v) is 4.28. The van der Waals surface area contributed by atoms with E-state index in [2.05, 4.69) is 40.1 Å². The summed E-state index contributed by atoms with van der Waals surface area (Å²) in [7, 11) is 1.33. The van der Waals surface area contributed by atoms with E-state index in [-0.39, 0.29) is 23.1 Å². The van der Waals surface area contributed by atoms with E-state index in [1.165, 1.54) is 18.4 Å². The van der Waals surface area contributed by atoms with Gasteiger partial charge in [-0.15, -0.1) is 0 Å². The van der Waals surface area contributed by atoms with Gasteiger partial charge in [0.2, 0.25) is 0 Å². The number of anilines is 1. The Bertz CT molecular complexity index is 875. The number of ether oxygens (including phenoxy) is 1. The van der Waals surface area contributed by atoms with Crippen molar-refractivity contribution in [2.24, 2.45) is 5.41 Å². The van der Waals surface area contributed by atoms with Crippen LogP contribution in [0.3, 0.4) is 0 Å². The molecule has 1 aromatic carbocycles. The quantitative estimate of drug-likeness (QED) is 0.644. The van der Waals surface area contributed by atoms with Gasteiger partial charge in [-0.25, -0.2) is 4.79 Å². The maximum atomic E-state index is 13.0. The third kappa shape index (κ3) is 4.19. The number of fused-ring (bicyclic) bond motifs is 1. The Labute approximate surface area is 167 Å². The number of H-pyrrole nitrogens is 1. The molecular weight excluding hydrogens is 410 g/mol. The van der Waals surface area contributed by atoms with E-state index in [1.807, 2.05) is 25.1 Å². The molecule has 6 nitrogen and oxygen atoms in total. The highest BCUT2D eigenvalue weighted by atomic mass is 79.9. The molecule has 2 atom stereocenters. The molecule has 3 rings (SSSR count). The first-order chi connectivity index (χ1) is 12.7. The molecule has 0 spiro atoms. The summed E-state index contributed by atoms with van der Waals surface area (Å²) in [5.74, 6) is -0.592. The molecule has 146 valence electrons. The van der Waals surface area contributed by atoms with Crippen molar-refractivity contribution in [1.29, 1.82) is 0 Å². The van der Waals surface area contributed by atoms with Gasteiger partial charge in [0.1, 0.15) is 5.69 Å². The highest BCUT2D eigenvalue weighted by Gasteiger charge is 2.35. The number of esters is 1. The van der Waals surface area contributed by atoms with Crippen molar-refractivity contribution in [1.82, 2.24) is 4.98 Å². The first kappa shape index (κ1) is 19.9. The minimum atomic E-state index is -0.503. The first-order valence-electron chi connectivity index (χ1n) is 9.27. The molecule has 1 aliphatic rings. The zero-order chi connectivity index (χ0) is 19.8. The second-order valence-corrected chi connectivity index (χ2v) is 9.04. The van der Waals surface area contributed by atoms with Crippen molar-refractivity contribution in [3.63, 3.8) is 0 Å².